The van der Waals surface area contributed by atoms with E-state index in [-0.39, 0.29) is 11.9 Å². The molecular formula is C16H15NO2S. The van der Waals surface area contributed by atoms with Gasteiger partial charge < -0.3 is 5.32 Å². The molecule has 0 radical (unpaired) electrons. The number of benzene rings is 2. The Morgan fingerprint density at radius 2 is 2.00 bits per heavy atom. The van der Waals surface area contributed by atoms with E-state index in [0.717, 1.165) is 10.9 Å². The average Bonchev–Trinajstić information content (AvgIpc) is 2.83. The Kier molecular flexibility index (Phi) is 3.65. The molecule has 4 heteroatoms. The van der Waals surface area contributed by atoms with Crippen LogP contribution in [0.1, 0.15) is 5.56 Å². The van der Waals surface area contributed by atoms with Crippen LogP contribution in [0, 0.1) is 0 Å². The van der Waals surface area contributed by atoms with E-state index >= 15 is 0 Å². The number of hydrogen-bond acceptors (Lipinski definition) is 2. The summed E-state index contributed by atoms with van der Waals surface area (Å²) in [5, 5.41) is 6.84. The van der Waals surface area contributed by atoms with E-state index in [2.05, 4.69) is 11.4 Å². The summed E-state index contributed by atoms with van der Waals surface area (Å²) in [5.41, 5.74) is 0.990. The predicted molar refractivity (Wildman–Crippen MR) is 81.7 cm³/mol. The van der Waals surface area contributed by atoms with Gasteiger partial charge in [-0.25, -0.2) is 0 Å². The van der Waals surface area contributed by atoms with Gasteiger partial charge in [-0.1, -0.05) is 48.5 Å². The molecule has 1 N–H and O–H groups in total. The quantitative estimate of drug-likeness (QED) is 0.939. The summed E-state index contributed by atoms with van der Waals surface area (Å²) in [6.07, 6.45) is 2.15. The summed E-state index contributed by atoms with van der Waals surface area (Å²) in [6, 6.07) is 14.0. The number of carbonyl (C=O) groups is 1. The first kappa shape index (κ1) is 13.1. The van der Waals surface area contributed by atoms with E-state index in [4.69, 9.17) is 0 Å². The van der Waals surface area contributed by atoms with Crippen LogP contribution in [-0.2, 0) is 22.0 Å². The van der Waals surface area contributed by atoms with Crippen molar-refractivity contribution < 1.29 is 9.00 Å². The van der Waals surface area contributed by atoms with E-state index < -0.39 is 10.8 Å². The maximum atomic E-state index is 12.0. The number of nitrogens with one attached hydrogen (secondary N) is 1. The van der Waals surface area contributed by atoms with E-state index in [0.29, 0.717) is 12.2 Å². The molecule has 0 aromatic heterocycles. The Morgan fingerprint density at radius 1 is 1.20 bits per heavy atom. The lowest BCUT2D eigenvalue weighted by Crippen LogP contribution is -2.35. The zero-order valence-corrected chi connectivity index (χ0v) is 11.7. The largest absolute Gasteiger partial charge is 0.349 e. The summed E-state index contributed by atoms with van der Waals surface area (Å²) < 4.78 is 11.2. The Bertz CT molecular complexity index is 708. The van der Waals surface area contributed by atoms with E-state index in [1.807, 2.05) is 36.4 Å². The highest BCUT2D eigenvalue weighted by molar-refractivity contribution is 7.88. The number of hydrogen-bond donors (Lipinski definition) is 1. The lowest BCUT2D eigenvalue weighted by molar-refractivity contribution is -0.120. The van der Waals surface area contributed by atoms with Crippen LogP contribution in [0.2, 0.25) is 0 Å². The van der Waals surface area contributed by atoms with Crippen LogP contribution in [0.15, 0.2) is 53.9 Å². The molecule has 0 saturated carbocycles. The summed E-state index contributed by atoms with van der Waals surface area (Å²) in [6.45, 7) is 0. The van der Waals surface area contributed by atoms with Crippen molar-refractivity contribution in [3.8, 4) is 0 Å². The Balaban J connectivity index is 1.68. The van der Waals surface area contributed by atoms with Gasteiger partial charge in [0, 0.05) is 16.2 Å². The fraction of sp³-hybridized carbons (Fsp3) is 0.188. The van der Waals surface area contributed by atoms with Gasteiger partial charge in [0.05, 0.1) is 18.2 Å². The fourth-order valence-electron chi connectivity index (χ4n) is 2.35. The van der Waals surface area contributed by atoms with Crippen LogP contribution in [0.25, 0.3) is 10.8 Å². The van der Waals surface area contributed by atoms with Gasteiger partial charge in [0.25, 0.3) is 0 Å². The minimum atomic E-state index is -0.930. The van der Waals surface area contributed by atoms with Crippen molar-refractivity contribution in [1.82, 2.24) is 5.32 Å². The van der Waals surface area contributed by atoms with Gasteiger partial charge in [-0.3, -0.25) is 9.00 Å². The summed E-state index contributed by atoms with van der Waals surface area (Å²) in [5.74, 6) is 0.456. The average molecular weight is 285 g/mol. The molecule has 3 nitrogen and oxygen atoms in total. The van der Waals surface area contributed by atoms with Crippen LogP contribution in [-0.4, -0.2) is 21.9 Å². The van der Waals surface area contributed by atoms with Crippen molar-refractivity contribution in [3.63, 3.8) is 0 Å². The molecule has 102 valence electrons. The topological polar surface area (TPSA) is 46.2 Å². The van der Waals surface area contributed by atoms with Gasteiger partial charge in [-0.15, -0.1) is 0 Å². The van der Waals surface area contributed by atoms with Crippen molar-refractivity contribution in [2.45, 2.75) is 12.5 Å². The minimum Gasteiger partial charge on any atom is -0.349 e. The summed E-state index contributed by atoms with van der Waals surface area (Å²) >= 11 is 0. The Morgan fingerprint density at radius 3 is 2.75 bits per heavy atom. The van der Waals surface area contributed by atoms with Crippen LogP contribution >= 0.6 is 0 Å². The van der Waals surface area contributed by atoms with Gasteiger partial charge in [0.1, 0.15) is 0 Å². The molecule has 0 fully saturated rings. The van der Waals surface area contributed by atoms with Crippen molar-refractivity contribution >= 4 is 27.5 Å². The highest BCUT2D eigenvalue weighted by atomic mass is 32.2. The number of amides is 1. The van der Waals surface area contributed by atoms with Crippen LogP contribution in [0.4, 0.5) is 0 Å². The highest BCUT2D eigenvalue weighted by Gasteiger charge is 2.16. The molecule has 1 aliphatic heterocycles. The molecule has 0 spiro atoms. The molecule has 20 heavy (non-hydrogen) atoms. The standard InChI is InChI=1S/C16H15NO2S/c18-16(17-15-7-8-20(19)11-15)10-12-5-6-13-3-1-2-4-14(13)9-12/h1-9,15H,10-11H2,(H,17,18). The molecule has 1 heterocycles. The summed E-state index contributed by atoms with van der Waals surface area (Å²) in [7, 11) is -0.930. The van der Waals surface area contributed by atoms with Crippen molar-refractivity contribution in [2.75, 3.05) is 5.75 Å². The van der Waals surface area contributed by atoms with E-state index in [1.54, 1.807) is 11.5 Å². The summed E-state index contributed by atoms with van der Waals surface area (Å²) in [4.78, 5) is 12.0. The van der Waals surface area contributed by atoms with Crippen molar-refractivity contribution in [2.24, 2.45) is 0 Å². The third-order valence-corrected chi connectivity index (χ3v) is 4.48. The predicted octanol–water partition coefficient (Wildman–Crippen LogP) is 2.14. The second-order valence-electron chi connectivity index (χ2n) is 4.91. The molecule has 0 bridgehead atoms. The molecule has 0 aliphatic carbocycles. The van der Waals surface area contributed by atoms with Gasteiger partial charge in [-0.05, 0) is 16.3 Å². The first-order valence-electron chi connectivity index (χ1n) is 6.53. The molecule has 2 atom stereocenters. The SMILES string of the molecule is O=C(Cc1ccc2ccccc2c1)NC1C=CS(=O)C1. The molecule has 3 rings (SSSR count). The lowest BCUT2D eigenvalue weighted by atomic mass is 10.0. The smallest absolute Gasteiger partial charge is 0.224 e. The first-order chi connectivity index (χ1) is 9.70. The zero-order chi connectivity index (χ0) is 13.9. The van der Waals surface area contributed by atoms with Crippen LogP contribution < -0.4 is 5.32 Å². The molecular weight excluding hydrogens is 270 g/mol. The van der Waals surface area contributed by atoms with Crippen molar-refractivity contribution in [1.29, 1.82) is 0 Å². The normalized spacial score (nSPS) is 21.2. The maximum absolute atomic E-state index is 12.0. The third-order valence-electron chi connectivity index (χ3n) is 3.33. The van der Waals surface area contributed by atoms with Gasteiger partial charge in [0.15, 0.2) is 0 Å². The first-order valence-corrected chi connectivity index (χ1v) is 7.91. The molecule has 2 aromatic carbocycles. The monoisotopic (exact) mass is 285 g/mol. The van der Waals surface area contributed by atoms with Crippen LogP contribution in [0.3, 0.4) is 0 Å². The van der Waals surface area contributed by atoms with Gasteiger partial charge >= 0.3 is 0 Å². The molecule has 0 saturated heterocycles. The number of carbonyl (C=O) groups excluding carboxylic acids is 1. The molecule has 2 aromatic rings. The zero-order valence-electron chi connectivity index (χ0n) is 10.9. The lowest BCUT2D eigenvalue weighted by Gasteiger charge is -2.10. The maximum Gasteiger partial charge on any atom is 0.224 e. The second-order valence-corrected chi connectivity index (χ2v) is 6.28. The fourth-order valence-corrected chi connectivity index (χ4v) is 3.38. The Labute approximate surface area is 120 Å². The Hall–Kier alpha value is -1.94. The van der Waals surface area contributed by atoms with Crippen LogP contribution in [0.5, 0.6) is 0 Å². The molecule has 2 unspecified atom stereocenters. The highest BCUT2D eigenvalue weighted by Crippen LogP contribution is 2.16. The van der Waals surface area contributed by atoms with E-state index in [9.17, 15) is 9.00 Å². The molecule has 1 aliphatic rings. The third kappa shape index (κ3) is 2.96. The van der Waals surface area contributed by atoms with Gasteiger partial charge in [-0.2, -0.15) is 0 Å². The van der Waals surface area contributed by atoms with Gasteiger partial charge in [0.2, 0.25) is 5.91 Å². The van der Waals surface area contributed by atoms with Crippen molar-refractivity contribution in [3.05, 3.63) is 59.5 Å². The number of fused-ring (bicyclic) bond motifs is 1. The number of rotatable bonds is 3. The van der Waals surface area contributed by atoms with E-state index in [1.165, 1.54) is 5.39 Å². The molecule has 1 amide bonds. The second kappa shape index (κ2) is 5.59. The minimum absolute atomic E-state index is 0.0335.